The van der Waals surface area contributed by atoms with Crippen LogP contribution < -0.4 is 24.8 Å². The van der Waals surface area contributed by atoms with E-state index in [1.807, 2.05) is 6.92 Å². The van der Waals surface area contributed by atoms with Crippen molar-refractivity contribution in [2.45, 2.75) is 20.0 Å². The Morgan fingerprint density at radius 2 is 1.38 bits per heavy atom. The summed E-state index contributed by atoms with van der Waals surface area (Å²) in [7, 11) is 4.61. The van der Waals surface area contributed by atoms with E-state index in [2.05, 4.69) is 10.6 Å². The highest BCUT2D eigenvalue weighted by atomic mass is 19.1. The van der Waals surface area contributed by atoms with E-state index in [9.17, 15) is 14.0 Å². The van der Waals surface area contributed by atoms with Gasteiger partial charge in [0.1, 0.15) is 11.6 Å². The number of carbonyl (C=O) groups excluding carboxylic acids is 2. The Bertz CT molecular complexity index is 905. The Kier molecular flexibility index (Phi) is 9.75. The molecule has 2 aromatic carbocycles. The van der Waals surface area contributed by atoms with Gasteiger partial charge in [0, 0.05) is 24.7 Å². The minimum Gasteiger partial charge on any atom is -0.496 e. The quantitative estimate of drug-likeness (QED) is 0.518. The zero-order chi connectivity index (χ0) is 23.5. The zero-order valence-corrected chi connectivity index (χ0v) is 18.9. The molecule has 0 aliphatic carbocycles. The molecule has 8 nitrogen and oxygen atoms in total. The summed E-state index contributed by atoms with van der Waals surface area (Å²) in [5, 5.41) is 5.62. The molecule has 0 fully saturated rings. The second kappa shape index (κ2) is 12.5. The molecular formula is C23H30FN3O5. The average molecular weight is 448 g/mol. The van der Waals surface area contributed by atoms with Crippen LogP contribution in [0.2, 0.25) is 0 Å². The normalized spacial score (nSPS) is 10.6. The van der Waals surface area contributed by atoms with Crippen molar-refractivity contribution in [1.29, 1.82) is 0 Å². The van der Waals surface area contributed by atoms with E-state index in [4.69, 9.17) is 14.2 Å². The molecule has 2 amide bonds. The first-order valence-corrected chi connectivity index (χ1v) is 10.2. The average Bonchev–Trinajstić information content (AvgIpc) is 2.81. The number of methoxy groups -OCH3 is 3. The third kappa shape index (κ3) is 7.42. The highest BCUT2D eigenvalue weighted by Crippen LogP contribution is 2.34. The number of hydrogen-bond donors (Lipinski definition) is 2. The summed E-state index contributed by atoms with van der Waals surface area (Å²) in [6.45, 7) is 3.06. The van der Waals surface area contributed by atoms with Crippen molar-refractivity contribution in [3.8, 4) is 17.2 Å². The smallest absolute Gasteiger partial charge is 0.234 e. The molecular weight excluding hydrogens is 417 g/mol. The van der Waals surface area contributed by atoms with Crippen LogP contribution >= 0.6 is 0 Å². The van der Waals surface area contributed by atoms with Gasteiger partial charge in [0.05, 0.1) is 34.4 Å². The molecule has 0 unspecified atom stereocenters. The number of amides is 2. The molecule has 0 bridgehead atoms. The van der Waals surface area contributed by atoms with E-state index in [-0.39, 0.29) is 37.3 Å². The zero-order valence-electron chi connectivity index (χ0n) is 18.9. The summed E-state index contributed by atoms with van der Waals surface area (Å²) in [5.41, 5.74) is 1.53. The van der Waals surface area contributed by atoms with Gasteiger partial charge in [-0.1, -0.05) is 19.1 Å². The number of halogens is 1. The number of nitrogens with one attached hydrogen (secondary N) is 2. The Hall–Kier alpha value is -3.33. The number of rotatable bonds is 12. The lowest BCUT2D eigenvalue weighted by molar-refractivity contribution is -0.125. The summed E-state index contributed by atoms with van der Waals surface area (Å²) < 4.78 is 28.9. The molecule has 32 heavy (non-hydrogen) atoms. The molecule has 2 rings (SSSR count). The van der Waals surface area contributed by atoms with Gasteiger partial charge >= 0.3 is 0 Å². The van der Waals surface area contributed by atoms with Gasteiger partial charge in [-0.3, -0.25) is 14.5 Å². The molecule has 9 heteroatoms. The van der Waals surface area contributed by atoms with Gasteiger partial charge in [0.25, 0.3) is 0 Å². The van der Waals surface area contributed by atoms with Gasteiger partial charge < -0.3 is 24.8 Å². The Labute approximate surface area is 187 Å². The fourth-order valence-corrected chi connectivity index (χ4v) is 3.02. The predicted octanol–water partition coefficient (Wildman–Crippen LogP) is 2.11. The van der Waals surface area contributed by atoms with E-state index in [0.717, 1.165) is 11.1 Å². The molecule has 0 saturated carbocycles. The van der Waals surface area contributed by atoms with E-state index in [0.29, 0.717) is 30.3 Å². The lowest BCUT2D eigenvalue weighted by Crippen LogP contribution is -2.42. The molecule has 0 atom stereocenters. The lowest BCUT2D eigenvalue weighted by Gasteiger charge is -2.20. The molecule has 0 aromatic heterocycles. The van der Waals surface area contributed by atoms with Gasteiger partial charge in [0.2, 0.25) is 11.8 Å². The summed E-state index contributed by atoms with van der Waals surface area (Å²) >= 11 is 0. The van der Waals surface area contributed by atoms with Crippen LogP contribution in [0.1, 0.15) is 18.1 Å². The second-order valence-corrected chi connectivity index (χ2v) is 7.00. The minimum atomic E-state index is -0.325. The standard InChI is InChI=1S/C23H30FN3O5/c1-5-27(14-22(28)25-12-16-6-8-18(24)9-7-16)15-23(29)26-13-17-10-20(31-3)21(32-4)11-19(17)30-2/h6-11H,5,12-15H2,1-4H3,(H,25,28)(H,26,29). The first-order valence-electron chi connectivity index (χ1n) is 10.2. The van der Waals surface area contributed by atoms with Crippen molar-refractivity contribution in [2.24, 2.45) is 0 Å². The van der Waals surface area contributed by atoms with Crippen LogP contribution in [0.15, 0.2) is 36.4 Å². The summed E-state index contributed by atoms with van der Waals surface area (Å²) in [6, 6.07) is 9.36. The lowest BCUT2D eigenvalue weighted by atomic mass is 10.1. The number of hydrogen-bond acceptors (Lipinski definition) is 6. The first kappa shape index (κ1) is 24.9. The Morgan fingerprint density at radius 1 is 0.844 bits per heavy atom. The Morgan fingerprint density at radius 3 is 1.91 bits per heavy atom. The SMILES string of the molecule is CCN(CC(=O)NCc1ccc(F)cc1)CC(=O)NCc1cc(OC)c(OC)cc1OC. The highest BCUT2D eigenvalue weighted by molar-refractivity contribution is 5.81. The minimum absolute atomic E-state index is 0.0655. The van der Waals surface area contributed by atoms with E-state index in [1.165, 1.54) is 33.5 Å². The molecule has 2 N–H and O–H groups in total. The molecule has 0 aliphatic heterocycles. The van der Waals surface area contributed by atoms with E-state index < -0.39 is 0 Å². The van der Waals surface area contributed by atoms with Crippen LogP contribution in [0.25, 0.3) is 0 Å². The van der Waals surface area contributed by atoms with Crippen molar-refractivity contribution >= 4 is 11.8 Å². The number of nitrogens with zero attached hydrogens (tertiary/aromatic N) is 1. The highest BCUT2D eigenvalue weighted by Gasteiger charge is 2.15. The van der Waals surface area contributed by atoms with Crippen LogP contribution in [0.3, 0.4) is 0 Å². The number of likely N-dealkylation sites (N-methyl/N-ethyl adjacent to an activating group) is 1. The van der Waals surface area contributed by atoms with Gasteiger partial charge in [-0.15, -0.1) is 0 Å². The van der Waals surface area contributed by atoms with Crippen molar-refractivity contribution in [3.05, 3.63) is 53.3 Å². The maximum absolute atomic E-state index is 13.0. The van der Waals surface area contributed by atoms with Crippen molar-refractivity contribution in [1.82, 2.24) is 15.5 Å². The van der Waals surface area contributed by atoms with E-state index >= 15 is 0 Å². The van der Waals surface area contributed by atoms with Gasteiger partial charge in [-0.25, -0.2) is 4.39 Å². The maximum Gasteiger partial charge on any atom is 0.234 e. The topological polar surface area (TPSA) is 89.1 Å². The van der Waals surface area contributed by atoms with Gasteiger partial charge in [-0.2, -0.15) is 0 Å². The molecule has 0 saturated heterocycles. The number of benzene rings is 2. The van der Waals surface area contributed by atoms with Crippen LogP contribution in [0.5, 0.6) is 17.2 Å². The number of ether oxygens (including phenoxy) is 3. The maximum atomic E-state index is 13.0. The van der Waals surface area contributed by atoms with Crippen LogP contribution in [0.4, 0.5) is 4.39 Å². The molecule has 0 heterocycles. The molecule has 2 aromatic rings. The monoisotopic (exact) mass is 447 g/mol. The third-order valence-corrected chi connectivity index (χ3v) is 4.85. The second-order valence-electron chi connectivity index (χ2n) is 7.00. The molecule has 0 radical (unpaired) electrons. The summed E-state index contributed by atoms with van der Waals surface area (Å²) in [6.07, 6.45) is 0. The fourth-order valence-electron chi connectivity index (χ4n) is 3.02. The van der Waals surface area contributed by atoms with Gasteiger partial charge in [0.15, 0.2) is 11.5 Å². The molecule has 174 valence electrons. The van der Waals surface area contributed by atoms with Crippen molar-refractivity contribution < 1.29 is 28.2 Å². The predicted molar refractivity (Wildman–Crippen MR) is 118 cm³/mol. The summed E-state index contributed by atoms with van der Waals surface area (Å²) in [4.78, 5) is 26.4. The van der Waals surface area contributed by atoms with Gasteiger partial charge in [-0.05, 0) is 30.3 Å². The number of carbonyl (C=O) groups is 2. The van der Waals surface area contributed by atoms with Crippen LogP contribution in [-0.2, 0) is 22.7 Å². The first-order chi connectivity index (χ1) is 15.4. The molecule has 0 spiro atoms. The van der Waals surface area contributed by atoms with Crippen LogP contribution in [-0.4, -0.2) is 57.7 Å². The van der Waals surface area contributed by atoms with E-state index in [1.54, 1.807) is 29.2 Å². The van der Waals surface area contributed by atoms with Crippen molar-refractivity contribution in [2.75, 3.05) is 41.0 Å². The largest absolute Gasteiger partial charge is 0.496 e. The fraction of sp³-hybridized carbons (Fsp3) is 0.391. The van der Waals surface area contributed by atoms with Crippen LogP contribution in [0, 0.1) is 5.82 Å². The Balaban J connectivity index is 1.86. The van der Waals surface area contributed by atoms with Crippen molar-refractivity contribution in [3.63, 3.8) is 0 Å². The summed E-state index contributed by atoms with van der Waals surface area (Å²) in [5.74, 6) is 0.860. The third-order valence-electron chi connectivity index (χ3n) is 4.85. The molecule has 0 aliphatic rings.